The van der Waals surface area contributed by atoms with Crippen LogP contribution in [0.2, 0.25) is 5.02 Å². The predicted molar refractivity (Wildman–Crippen MR) is 114 cm³/mol. The molecule has 0 aliphatic carbocycles. The Balaban J connectivity index is 2.08. The number of benzene rings is 2. The van der Waals surface area contributed by atoms with E-state index in [9.17, 15) is 9.59 Å². The van der Waals surface area contributed by atoms with Gasteiger partial charge in [-0.1, -0.05) is 36.7 Å². The first kappa shape index (κ1) is 21.5. The second-order valence-corrected chi connectivity index (χ2v) is 6.78. The molecule has 2 aromatic carbocycles. The zero-order chi connectivity index (χ0) is 20.5. The van der Waals surface area contributed by atoms with Crippen LogP contribution in [0.1, 0.15) is 24.5 Å². The van der Waals surface area contributed by atoms with Gasteiger partial charge >= 0.3 is 0 Å². The molecule has 0 spiro atoms. The lowest BCUT2D eigenvalue weighted by molar-refractivity contribution is -0.130. The summed E-state index contributed by atoms with van der Waals surface area (Å²) in [5, 5.41) is 3.41. The zero-order valence-electron chi connectivity index (χ0n) is 16.4. The lowest BCUT2D eigenvalue weighted by Gasteiger charge is -2.20. The van der Waals surface area contributed by atoms with Crippen LogP contribution in [-0.2, 0) is 9.59 Å². The molecule has 0 fully saturated rings. The number of para-hydroxylation sites is 1. The average Bonchev–Trinajstić information content (AvgIpc) is 2.67. The lowest BCUT2D eigenvalue weighted by Crippen LogP contribution is -2.37. The van der Waals surface area contributed by atoms with E-state index < -0.39 is 0 Å². The Labute approximate surface area is 170 Å². The molecule has 0 aromatic heterocycles. The van der Waals surface area contributed by atoms with Crippen LogP contribution in [0.25, 0.3) is 6.08 Å². The molecule has 2 aromatic rings. The van der Waals surface area contributed by atoms with E-state index in [1.165, 1.54) is 11.0 Å². The van der Waals surface area contributed by atoms with Crippen LogP contribution in [0.4, 0.5) is 5.69 Å². The number of carbonyl (C=O) groups is 2. The molecule has 2 amide bonds. The molecule has 0 saturated heterocycles. The molecule has 0 atom stereocenters. The number of ether oxygens (including phenoxy) is 1. The molecule has 2 rings (SSSR count). The van der Waals surface area contributed by atoms with Crippen molar-refractivity contribution < 1.29 is 14.3 Å². The van der Waals surface area contributed by atoms with Crippen LogP contribution >= 0.6 is 11.6 Å². The van der Waals surface area contributed by atoms with E-state index in [4.69, 9.17) is 16.3 Å². The predicted octanol–water partition coefficient (Wildman–Crippen LogP) is 4.55. The number of anilines is 1. The molecule has 0 heterocycles. The number of halogens is 1. The summed E-state index contributed by atoms with van der Waals surface area (Å²) < 4.78 is 5.28. The molecular formula is C22H25ClN2O3. The highest BCUT2D eigenvalue weighted by Gasteiger charge is 2.15. The summed E-state index contributed by atoms with van der Waals surface area (Å²) in [7, 11) is 1.56. The van der Waals surface area contributed by atoms with Crippen molar-refractivity contribution in [3.05, 3.63) is 64.7 Å². The average molecular weight is 401 g/mol. The summed E-state index contributed by atoms with van der Waals surface area (Å²) in [6, 6.07) is 12.7. The van der Waals surface area contributed by atoms with Gasteiger partial charge in [-0.05, 0) is 49.2 Å². The molecule has 0 saturated carbocycles. The van der Waals surface area contributed by atoms with Crippen LogP contribution in [0.15, 0.2) is 48.5 Å². The molecule has 1 N–H and O–H groups in total. The van der Waals surface area contributed by atoms with E-state index in [-0.39, 0.29) is 18.4 Å². The largest absolute Gasteiger partial charge is 0.496 e. The van der Waals surface area contributed by atoms with Gasteiger partial charge in [-0.25, -0.2) is 0 Å². The molecule has 0 aliphatic rings. The second kappa shape index (κ2) is 10.5. The van der Waals surface area contributed by atoms with Crippen LogP contribution in [0.5, 0.6) is 5.75 Å². The fourth-order valence-electron chi connectivity index (χ4n) is 2.72. The third-order valence-corrected chi connectivity index (χ3v) is 4.39. The lowest BCUT2D eigenvalue weighted by atomic mass is 10.2. The Morgan fingerprint density at radius 2 is 1.96 bits per heavy atom. The van der Waals surface area contributed by atoms with Crippen LogP contribution in [0.3, 0.4) is 0 Å². The first-order valence-electron chi connectivity index (χ1n) is 9.10. The highest BCUT2D eigenvalue weighted by atomic mass is 35.5. The molecule has 0 radical (unpaired) electrons. The summed E-state index contributed by atoms with van der Waals surface area (Å²) in [6.45, 7) is 4.35. The summed E-state index contributed by atoms with van der Waals surface area (Å²) in [6.07, 6.45) is 3.83. The Bertz CT molecular complexity index is 865. The topological polar surface area (TPSA) is 58.6 Å². The maximum Gasteiger partial charge on any atom is 0.247 e. The highest BCUT2D eigenvalue weighted by molar-refractivity contribution is 6.30. The van der Waals surface area contributed by atoms with E-state index in [2.05, 4.69) is 5.32 Å². The number of aryl methyl sites for hydroxylation is 1. The van der Waals surface area contributed by atoms with Gasteiger partial charge in [0.2, 0.25) is 11.8 Å². The number of hydrogen-bond acceptors (Lipinski definition) is 3. The first-order valence-corrected chi connectivity index (χ1v) is 9.48. The third-order valence-electron chi connectivity index (χ3n) is 4.16. The molecule has 0 unspecified atom stereocenters. The molecular weight excluding hydrogens is 376 g/mol. The van der Waals surface area contributed by atoms with E-state index >= 15 is 0 Å². The van der Waals surface area contributed by atoms with Crippen molar-refractivity contribution in [3.8, 4) is 5.75 Å². The van der Waals surface area contributed by atoms with Gasteiger partial charge in [-0.3, -0.25) is 9.59 Å². The maximum atomic E-state index is 12.6. The SMILES string of the molecule is CCCN(CC(=O)Nc1ccccc1C)C(=O)/C=C/c1cc(Cl)ccc1OC. The Morgan fingerprint density at radius 3 is 2.64 bits per heavy atom. The Kier molecular flexibility index (Phi) is 8.08. The highest BCUT2D eigenvalue weighted by Crippen LogP contribution is 2.23. The van der Waals surface area contributed by atoms with Gasteiger partial charge in [0.1, 0.15) is 12.3 Å². The Hall–Kier alpha value is -2.79. The summed E-state index contributed by atoms with van der Waals surface area (Å²) >= 11 is 6.02. The molecule has 28 heavy (non-hydrogen) atoms. The minimum atomic E-state index is -0.246. The normalized spacial score (nSPS) is 10.7. The van der Waals surface area contributed by atoms with Crippen molar-refractivity contribution in [3.63, 3.8) is 0 Å². The number of rotatable bonds is 8. The number of methoxy groups -OCH3 is 1. The van der Waals surface area contributed by atoms with Gasteiger partial charge < -0.3 is 15.0 Å². The minimum Gasteiger partial charge on any atom is -0.496 e. The standard InChI is InChI=1S/C22H25ClN2O3/c1-4-13-25(15-21(26)24-19-8-6-5-7-16(19)2)22(27)12-9-17-14-18(23)10-11-20(17)28-3/h5-12,14H,4,13,15H2,1-3H3,(H,24,26)/b12-9+. The van der Waals surface area contributed by atoms with Crippen LogP contribution < -0.4 is 10.1 Å². The molecule has 148 valence electrons. The fraction of sp³-hybridized carbons (Fsp3) is 0.273. The third kappa shape index (κ3) is 6.13. The van der Waals surface area contributed by atoms with E-state index in [0.717, 1.165) is 17.7 Å². The Morgan fingerprint density at radius 1 is 1.21 bits per heavy atom. The van der Waals surface area contributed by atoms with Crippen molar-refractivity contribution in [2.24, 2.45) is 0 Å². The van der Waals surface area contributed by atoms with Gasteiger partial charge in [-0.15, -0.1) is 0 Å². The smallest absolute Gasteiger partial charge is 0.247 e. The maximum absolute atomic E-state index is 12.6. The van der Waals surface area contributed by atoms with Crippen molar-refractivity contribution in [1.29, 1.82) is 0 Å². The van der Waals surface area contributed by atoms with Gasteiger partial charge in [0.05, 0.1) is 7.11 Å². The first-order chi connectivity index (χ1) is 13.4. The number of hydrogen-bond donors (Lipinski definition) is 1. The quantitative estimate of drug-likeness (QED) is 0.661. The molecule has 5 nitrogen and oxygen atoms in total. The summed E-state index contributed by atoms with van der Waals surface area (Å²) in [5.41, 5.74) is 2.41. The van der Waals surface area contributed by atoms with Crippen molar-refractivity contribution >= 4 is 35.2 Å². The summed E-state index contributed by atoms with van der Waals surface area (Å²) in [4.78, 5) is 26.6. The van der Waals surface area contributed by atoms with Crippen molar-refractivity contribution in [2.75, 3.05) is 25.5 Å². The number of amides is 2. The van der Waals surface area contributed by atoms with Crippen molar-refractivity contribution in [2.45, 2.75) is 20.3 Å². The van der Waals surface area contributed by atoms with Gasteiger partial charge in [0.25, 0.3) is 0 Å². The van der Waals surface area contributed by atoms with Crippen LogP contribution in [0, 0.1) is 6.92 Å². The molecule has 0 bridgehead atoms. The van der Waals surface area contributed by atoms with E-state index in [0.29, 0.717) is 22.9 Å². The van der Waals surface area contributed by atoms with Gasteiger partial charge in [0.15, 0.2) is 0 Å². The van der Waals surface area contributed by atoms with Gasteiger partial charge in [-0.2, -0.15) is 0 Å². The number of nitrogens with one attached hydrogen (secondary N) is 1. The fourth-order valence-corrected chi connectivity index (χ4v) is 2.90. The van der Waals surface area contributed by atoms with E-state index in [1.807, 2.05) is 38.1 Å². The monoisotopic (exact) mass is 400 g/mol. The number of carbonyl (C=O) groups excluding carboxylic acids is 2. The zero-order valence-corrected chi connectivity index (χ0v) is 17.1. The van der Waals surface area contributed by atoms with Crippen LogP contribution in [-0.4, -0.2) is 36.9 Å². The second-order valence-electron chi connectivity index (χ2n) is 6.34. The van der Waals surface area contributed by atoms with Gasteiger partial charge in [0, 0.05) is 28.9 Å². The van der Waals surface area contributed by atoms with Crippen molar-refractivity contribution in [1.82, 2.24) is 4.90 Å². The summed E-state index contributed by atoms with van der Waals surface area (Å²) in [5.74, 6) is 0.140. The minimum absolute atomic E-state index is 0.0158. The number of nitrogens with zero attached hydrogens (tertiary/aromatic N) is 1. The molecule has 0 aliphatic heterocycles. The van der Waals surface area contributed by atoms with E-state index in [1.54, 1.807) is 31.4 Å². The molecule has 6 heteroatoms.